The van der Waals surface area contributed by atoms with Crippen LogP contribution in [0.5, 0.6) is 0 Å². The highest BCUT2D eigenvalue weighted by atomic mass is 15.1. The van der Waals surface area contributed by atoms with Crippen LogP contribution in [0.3, 0.4) is 0 Å². The van der Waals surface area contributed by atoms with E-state index in [0.717, 1.165) is 12.3 Å². The van der Waals surface area contributed by atoms with Crippen molar-refractivity contribution in [3.63, 3.8) is 0 Å². The minimum atomic E-state index is 0.940. The Hall–Kier alpha value is -1.24. The van der Waals surface area contributed by atoms with Crippen LogP contribution in [0.25, 0.3) is 0 Å². The predicted octanol–water partition coefficient (Wildman–Crippen LogP) is 5.74. The van der Waals surface area contributed by atoms with Crippen molar-refractivity contribution in [1.82, 2.24) is 4.90 Å². The second kappa shape index (κ2) is 8.57. The Balaban J connectivity index is 1.51. The van der Waals surface area contributed by atoms with Crippen LogP contribution >= 0.6 is 0 Å². The molecule has 0 radical (unpaired) electrons. The van der Waals surface area contributed by atoms with Gasteiger partial charge in [0.05, 0.1) is 0 Å². The van der Waals surface area contributed by atoms with Gasteiger partial charge in [0.2, 0.25) is 0 Å². The lowest BCUT2D eigenvalue weighted by Crippen LogP contribution is -2.24. The average Bonchev–Trinajstić information content (AvgIpc) is 2.58. The van der Waals surface area contributed by atoms with Crippen LogP contribution in [-0.4, -0.2) is 18.0 Å². The van der Waals surface area contributed by atoms with Crippen LogP contribution in [-0.2, 0) is 12.8 Å². The summed E-state index contributed by atoms with van der Waals surface area (Å²) < 4.78 is 0. The largest absolute Gasteiger partial charge is 0.377 e. The summed E-state index contributed by atoms with van der Waals surface area (Å²) in [5.41, 5.74) is 4.49. The third kappa shape index (κ3) is 5.41. The third-order valence-electron chi connectivity index (χ3n) is 5.55. The molecular formula is C22H33N. The van der Waals surface area contributed by atoms with Crippen molar-refractivity contribution in [2.24, 2.45) is 5.92 Å². The Morgan fingerprint density at radius 3 is 2.22 bits per heavy atom. The van der Waals surface area contributed by atoms with E-state index in [1.54, 1.807) is 5.56 Å². The number of rotatable bonds is 5. The van der Waals surface area contributed by atoms with E-state index in [1.165, 1.54) is 82.0 Å². The SMILES string of the molecule is CC(=CN1CCCCC1)Cc1ccc(CC2CCCCC2)cc1. The first-order valence-electron chi connectivity index (χ1n) is 9.79. The zero-order chi connectivity index (χ0) is 15.9. The van der Waals surface area contributed by atoms with Gasteiger partial charge in [-0.15, -0.1) is 0 Å². The topological polar surface area (TPSA) is 3.24 Å². The zero-order valence-corrected chi connectivity index (χ0v) is 14.9. The van der Waals surface area contributed by atoms with Crippen LogP contribution < -0.4 is 0 Å². The van der Waals surface area contributed by atoms with Gasteiger partial charge >= 0.3 is 0 Å². The van der Waals surface area contributed by atoms with E-state index < -0.39 is 0 Å². The Labute approximate surface area is 142 Å². The molecule has 126 valence electrons. The highest BCUT2D eigenvalue weighted by Gasteiger charge is 2.13. The Kier molecular flexibility index (Phi) is 6.19. The minimum Gasteiger partial charge on any atom is -0.377 e. The molecule has 1 heteroatoms. The summed E-state index contributed by atoms with van der Waals surface area (Å²) in [6, 6.07) is 9.45. The van der Waals surface area contributed by atoms with E-state index in [2.05, 4.69) is 42.3 Å². The zero-order valence-electron chi connectivity index (χ0n) is 14.9. The number of hydrogen-bond donors (Lipinski definition) is 0. The standard InChI is InChI=1S/C22H33N/c1-19(18-23-14-6-3-7-15-23)16-21-10-12-22(13-11-21)17-20-8-4-2-5-9-20/h10-13,18,20H,2-9,14-17H2,1H3. The van der Waals surface area contributed by atoms with Crippen molar-refractivity contribution >= 4 is 0 Å². The summed E-state index contributed by atoms with van der Waals surface area (Å²) in [7, 11) is 0. The van der Waals surface area contributed by atoms with Crippen molar-refractivity contribution in [3.8, 4) is 0 Å². The van der Waals surface area contributed by atoms with Gasteiger partial charge in [-0.3, -0.25) is 0 Å². The maximum Gasteiger partial charge on any atom is 0.0172 e. The molecule has 1 heterocycles. The molecule has 0 bridgehead atoms. The van der Waals surface area contributed by atoms with Gasteiger partial charge in [0.1, 0.15) is 0 Å². The summed E-state index contributed by atoms with van der Waals surface area (Å²) in [5, 5.41) is 0. The van der Waals surface area contributed by atoms with Crippen LogP contribution in [0.1, 0.15) is 69.4 Å². The molecule has 3 rings (SSSR count). The van der Waals surface area contributed by atoms with E-state index >= 15 is 0 Å². The number of benzene rings is 1. The van der Waals surface area contributed by atoms with Crippen LogP contribution in [0.15, 0.2) is 36.0 Å². The molecule has 1 aromatic carbocycles. The van der Waals surface area contributed by atoms with E-state index in [1.807, 2.05) is 0 Å². The lowest BCUT2D eigenvalue weighted by Gasteiger charge is -2.25. The van der Waals surface area contributed by atoms with E-state index in [-0.39, 0.29) is 0 Å². The van der Waals surface area contributed by atoms with Crippen molar-refractivity contribution in [2.75, 3.05) is 13.1 Å². The van der Waals surface area contributed by atoms with Gasteiger partial charge < -0.3 is 4.90 Å². The number of nitrogens with zero attached hydrogens (tertiary/aromatic N) is 1. The fourth-order valence-electron chi connectivity index (χ4n) is 4.24. The van der Waals surface area contributed by atoms with Gasteiger partial charge in [-0.2, -0.15) is 0 Å². The second-order valence-corrected chi connectivity index (χ2v) is 7.77. The van der Waals surface area contributed by atoms with Gasteiger partial charge in [0.15, 0.2) is 0 Å². The maximum absolute atomic E-state index is 2.51. The van der Waals surface area contributed by atoms with Crippen molar-refractivity contribution < 1.29 is 0 Å². The first-order valence-corrected chi connectivity index (χ1v) is 9.79. The van der Waals surface area contributed by atoms with Crippen LogP contribution in [0, 0.1) is 5.92 Å². The molecule has 1 nitrogen and oxygen atoms in total. The van der Waals surface area contributed by atoms with Gasteiger partial charge in [-0.25, -0.2) is 0 Å². The molecule has 0 amide bonds. The highest BCUT2D eigenvalue weighted by molar-refractivity contribution is 5.26. The monoisotopic (exact) mass is 311 g/mol. The number of likely N-dealkylation sites (tertiary alicyclic amines) is 1. The van der Waals surface area contributed by atoms with Gasteiger partial charge in [-0.05, 0) is 62.3 Å². The van der Waals surface area contributed by atoms with E-state index in [4.69, 9.17) is 0 Å². The fraction of sp³-hybridized carbons (Fsp3) is 0.636. The van der Waals surface area contributed by atoms with Crippen molar-refractivity contribution in [3.05, 3.63) is 47.2 Å². The minimum absolute atomic E-state index is 0.940. The van der Waals surface area contributed by atoms with Gasteiger partial charge in [-0.1, -0.05) is 61.9 Å². The van der Waals surface area contributed by atoms with Crippen LogP contribution in [0.4, 0.5) is 0 Å². The molecule has 0 N–H and O–H groups in total. The Bertz CT molecular complexity index is 487. The Morgan fingerprint density at radius 1 is 0.913 bits per heavy atom. The Morgan fingerprint density at radius 2 is 1.52 bits per heavy atom. The van der Waals surface area contributed by atoms with Gasteiger partial charge in [0.25, 0.3) is 0 Å². The number of allylic oxidation sites excluding steroid dienone is 1. The van der Waals surface area contributed by atoms with E-state index in [0.29, 0.717) is 0 Å². The normalized spacial score (nSPS) is 20.7. The average molecular weight is 312 g/mol. The molecule has 1 aliphatic carbocycles. The summed E-state index contributed by atoms with van der Waals surface area (Å²) in [6.07, 6.45) is 16.2. The third-order valence-corrected chi connectivity index (χ3v) is 5.55. The second-order valence-electron chi connectivity index (χ2n) is 7.77. The quantitative estimate of drug-likeness (QED) is 0.670. The molecule has 2 aliphatic rings. The lowest BCUT2D eigenvalue weighted by atomic mass is 9.85. The smallest absolute Gasteiger partial charge is 0.0172 e. The molecule has 0 spiro atoms. The molecular weight excluding hydrogens is 278 g/mol. The molecule has 2 fully saturated rings. The molecule has 1 aromatic rings. The number of hydrogen-bond acceptors (Lipinski definition) is 1. The summed E-state index contributed by atoms with van der Waals surface area (Å²) in [6.45, 7) is 4.78. The van der Waals surface area contributed by atoms with Crippen molar-refractivity contribution in [1.29, 1.82) is 0 Å². The summed E-state index contributed by atoms with van der Waals surface area (Å²) in [4.78, 5) is 2.51. The first-order chi connectivity index (χ1) is 11.3. The number of piperidine rings is 1. The van der Waals surface area contributed by atoms with Crippen molar-refractivity contribution in [2.45, 2.75) is 71.1 Å². The summed E-state index contributed by atoms with van der Waals surface area (Å²) >= 11 is 0. The summed E-state index contributed by atoms with van der Waals surface area (Å²) in [5.74, 6) is 0.940. The molecule has 23 heavy (non-hydrogen) atoms. The molecule has 0 atom stereocenters. The maximum atomic E-state index is 2.51. The molecule has 1 saturated heterocycles. The highest BCUT2D eigenvalue weighted by Crippen LogP contribution is 2.27. The molecule has 0 unspecified atom stereocenters. The van der Waals surface area contributed by atoms with Gasteiger partial charge in [0, 0.05) is 13.1 Å². The van der Waals surface area contributed by atoms with Crippen LogP contribution in [0.2, 0.25) is 0 Å². The van der Waals surface area contributed by atoms with E-state index in [9.17, 15) is 0 Å². The predicted molar refractivity (Wildman–Crippen MR) is 99.6 cm³/mol. The first kappa shape index (κ1) is 16.6. The molecule has 1 saturated carbocycles. The molecule has 1 aliphatic heterocycles. The lowest BCUT2D eigenvalue weighted by molar-refractivity contribution is 0.307. The fourth-order valence-corrected chi connectivity index (χ4v) is 4.24. The molecule has 0 aromatic heterocycles.